The van der Waals surface area contributed by atoms with Crippen molar-refractivity contribution in [3.8, 4) is 0 Å². The number of hydrogen-bond donors (Lipinski definition) is 2. The third-order valence-electron chi connectivity index (χ3n) is 0.944. The van der Waals surface area contributed by atoms with Crippen LogP contribution in [-0.2, 0) is 14.6 Å². The van der Waals surface area contributed by atoms with Crippen molar-refractivity contribution in [1.82, 2.24) is 0 Å². The number of Topliss-reactive ketones (excluding diaryl/α,β-unsaturated/α-hetero) is 1. The Morgan fingerprint density at radius 1 is 1.18 bits per heavy atom. The summed E-state index contributed by atoms with van der Waals surface area (Å²) >= 11 is 0. The first-order chi connectivity index (χ1) is 4.81. The van der Waals surface area contributed by atoms with Gasteiger partial charge in [-0.1, -0.05) is 0 Å². The predicted octanol–water partition coefficient (Wildman–Crippen LogP) is -2.57. The number of carbonyl (C=O) groups is 1. The summed E-state index contributed by atoms with van der Waals surface area (Å²) in [5, 5.41) is 15.6. The molecule has 0 aromatic rings. The van der Waals surface area contributed by atoms with Crippen molar-refractivity contribution in [3.63, 3.8) is 0 Å². The minimum absolute atomic E-state index is 0. The molecule has 0 aliphatic rings. The standard InChI is InChI=1S/C5H10O5.K.H/c6-5(1-3-9-7)2-4-10-8;;/h7-8H,1-4H2;;/q;+1;-1. The first kappa shape index (κ1) is 14.7. The van der Waals surface area contributed by atoms with Crippen molar-refractivity contribution in [1.29, 1.82) is 0 Å². The first-order valence-corrected chi connectivity index (χ1v) is 2.85. The summed E-state index contributed by atoms with van der Waals surface area (Å²) < 4.78 is 0. The van der Waals surface area contributed by atoms with Crippen LogP contribution in [0, 0.1) is 0 Å². The molecule has 0 saturated heterocycles. The van der Waals surface area contributed by atoms with Crippen LogP contribution in [0.25, 0.3) is 0 Å². The molecule has 0 aromatic heterocycles. The second kappa shape index (κ2) is 11.1. The maximum atomic E-state index is 10.6. The monoisotopic (exact) mass is 190 g/mol. The zero-order chi connectivity index (χ0) is 7.82. The zero-order valence-electron chi connectivity index (χ0n) is 7.45. The Morgan fingerprint density at radius 3 is 1.82 bits per heavy atom. The molecule has 6 heteroatoms. The van der Waals surface area contributed by atoms with E-state index in [0.29, 0.717) is 0 Å². The number of hydrogen-bond acceptors (Lipinski definition) is 5. The second-order valence-electron chi connectivity index (χ2n) is 1.71. The van der Waals surface area contributed by atoms with E-state index >= 15 is 0 Å². The fourth-order valence-corrected chi connectivity index (χ4v) is 0.444. The van der Waals surface area contributed by atoms with Crippen molar-refractivity contribution < 1.29 is 77.9 Å². The Kier molecular flexibility index (Phi) is 14.9. The van der Waals surface area contributed by atoms with Crippen molar-refractivity contribution in [2.24, 2.45) is 0 Å². The maximum absolute atomic E-state index is 10.6. The average Bonchev–Trinajstić information content (AvgIpc) is 1.97. The summed E-state index contributed by atoms with van der Waals surface area (Å²) in [6, 6.07) is 0. The maximum Gasteiger partial charge on any atom is 1.00 e. The van der Waals surface area contributed by atoms with E-state index in [1.807, 2.05) is 0 Å². The normalized spacial score (nSPS) is 8.91. The quantitative estimate of drug-likeness (QED) is 0.273. The molecule has 0 saturated carbocycles. The molecule has 0 unspecified atom stereocenters. The van der Waals surface area contributed by atoms with E-state index in [2.05, 4.69) is 9.78 Å². The van der Waals surface area contributed by atoms with Gasteiger partial charge in [-0.05, 0) is 0 Å². The Morgan fingerprint density at radius 2 is 1.55 bits per heavy atom. The smallest absolute Gasteiger partial charge is 1.00 e. The van der Waals surface area contributed by atoms with Crippen molar-refractivity contribution >= 4 is 5.78 Å². The van der Waals surface area contributed by atoms with Crippen molar-refractivity contribution in [2.75, 3.05) is 13.2 Å². The van der Waals surface area contributed by atoms with Gasteiger partial charge in [0.05, 0.1) is 13.2 Å². The summed E-state index contributed by atoms with van der Waals surface area (Å²) in [4.78, 5) is 17.9. The summed E-state index contributed by atoms with van der Waals surface area (Å²) in [7, 11) is 0. The summed E-state index contributed by atoms with van der Waals surface area (Å²) in [6.07, 6.45) is 0.277. The Hall–Kier alpha value is 1.15. The molecule has 0 amide bonds. The molecule has 0 aliphatic heterocycles. The molecule has 0 aromatic carbocycles. The van der Waals surface area contributed by atoms with E-state index < -0.39 is 0 Å². The van der Waals surface area contributed by atoms with E-state index in [1.165, 1.54) is 0 Å². The summed E-state index contributed by atoms with van der Waals surface area (Å²) in [5.41, 5.74) is 0. The van der Waals surface area contributed by atoms with E-state index in [9.17, 15) is 4.79 Å². The molecule has 5 nitrogen and oxygen atoms in total. The van der Waals surface area contributed by atoms with Gasteiger partial charge in [0.15, 0.2) is 0 Å². The number of ketones is 1. The molecule has 0 spiro atoms. The summed E-state index contributed by atoms with van der Waals surface area (Å²) in [5.74, 6) is -0.122. The van der Waals surface area contributed by atoms with E-state index in [1.54, 1.807) is 0 Å². The van der Waals surface area contributed by atoms with Gasteiger partial charge >= 0.3 is 51.4 Å². The van der Waals surface area contributed by atoms with Gasteiger partial charge in [-0.25, -0.2) is 9.78 Å². The van der Waals surface area contributed by atoms with Gasteiger partial charge in [0, 0.05) is 12.8 Å². The van der Waals surface area contributed by atoms with Gasteiger partial charge in [0.1, 0.15) is 5.78 Å². The first-order valence-electron chi connectivity index (χ1n) is 2.85. The topological polar surface area (TPSA) is 76.0 Å². The molecule has 0 heterocycles. The van der Waals surface area contributed by atoms with E-state index in [0.717, 1.165) is 0 Å². The largest absolute Gasteiger partial charge is 1.00 e. The predicted molar refractivity (Wildman–Crippen MR) is 32.5 cm³/mol. The van der Waals surface area contributed by atoms with Crippen LogP contribution >= 0.6 is 0 Å². The van der Waals surface area contributed by atoms with Gasteiger partial charge in [0.25, 0.3) is 0 Å². The molecule has 0 fully saturated rings. The molecular formula is C5H11KO5. The minimum Gasteiger partial charge on any atom is -1.00 e. The molecule has 2 N–H and O–H groups in total. The zero-order valence-corrected chi connectivity index (χ0v) is 9.57. The van der Waals surface area contributed by atoms with Crippen LogP contribution in [0.1, 0.15) is 14.3 Å². The average molecular weight is 190 g/mol. The Labute approximate surface area is 108 Å². The summed E-state index contributed by atoms with van der Waals surface area (Å²) in [6.45, 7) is -0.0193. The third kappa shape index (κ3) is 11.1. The molecule has 0 rings (SSSR count). The second-order valence-corrected chi connectivity index (χ2v) is 1.71. The SMILES string of the molecule is O=C(CCOO)CCOO.[H-].[K+]. The molecule has 0 atom stereocenters. The third-order valence-corrected chi connectivity index (χ3v) is 0.944. The Balaban J connectivity index is -0.000000405. The minimum atomic E-state index is -0.122. The molecule has 0 aliphatic carbocycles. The Bertz CT molecular complexity index is 91.8. The molecule has 62 valence electrons. The number of carbonyl (C=O) groups excluding carboxylic acids is 1. The van der Waals surface area contributed by atoms with Crippen LogP contribution in [0.3, 0.4) is 0 Å². The number of rotatable bonds is 6. The van der Waals surface area contributed by atoms with Gasteiger partial charge in [-0.15, -0.1) is 0 Å². The van der Waals surface area contributed by atoms with Crippen LogP contribution in [0.15, 0.2) is 0 Å². The van der Waals surface area contributed by atoms with Crippen LogP contribution in [0.5, 0.6) is 0 Å². The van der Waals surface area contributed by atoms with Crippen LogP contribution in [-0.4, -0.2) is 29.5 Å². The molecule has 0 bridgehead atoms. The van der Waals surface area contributed by atoms with Gasteiger partial charge < -0.3 is 1.43 Å². The van der Waals surface area contributed by atoms with Crippen molar-refractivity contribution in [3.05, 3.63) is 0 Å². The fraction of sp³-hybridized carbons (Fsp3) is 0.800. The van der Waals surface area contributed by atoms with Gasteiger partial charge in [-0.2, -0.15) is 0 Å². The molecule has 0 radical (unpaired) electrons. The van der Waals surface area contributed by atoms with Crippen LogP contribution in [0.4, 0.5) is 0 Å². The van der Waals surface area contributed by atoms with Gasteiger partial charge in [-0.3, -0.25) is 15.3 Å². The fourth-order valence-electron chi connectivity index (χ4n) is 0.444. The van der Waals surface area contributed by atoms with Crippen LogP contribution < -0.4 is 51.4 Å². The van der Waals surface area contributed by atoms with E-state index in [-0.39, 0.29) is 84.6 Å². The van der Waals surface area contributed by atoms with E-state index in [4.69, 9.17) is 10.5 Å². The molecule has 11 heavy (non-hydrogen) atoms. The van der Waals surface area contributed by atoms with Crippen molar-refractivity contribution in [2.45, 2.75) is 12.8 Å². The van der Waals surface area contributed by atoms with Crippen LogP contribution in [0.2, 0.25) is 0 Å². The van der Waals surface area contributed by atoms with Gasteiger partial charge in [0.2, 0.25) is 0 Å². The molecular weight excluding hydrogens is 179 g/mol.